The van der Waals surface area contributed by atoms with Gasteiger partial charge in [-0.2, -0.15) is 0 Å². The van der Waals surface area contributed by atoms with E-state index >= 15 is 0 Å². The molecule has 0 saturated heterocycles. The molecule has 96 valence electrons. The van der Waals surface area contributed by atoms with Crippen LogP contribution < -0.4 is 10.6 Å². The summed E-state index contributed by atoms with van der Waals surface area (Å²) in [5, 5.41) is 11.1. The summed E-state index contributed by atoms with van der Waals surface area (Å²) in [6.45, 7) is 0.849. The summed E-state index contributed by atoms with van der Waals surface area (Å²) in [6, 6.07) is 0.388. The molecule has 2 saturated carbocycles. The number of aromatic nitrogens is 2. The van der Waals surface area contributed by atoms with Crippen LogP contribution in [0.5, 0.6) is 0 Å². The van der Waals surface area contributed by atoms with Crippen molar-refractivity contribution in [1.82, 2.24) is 9.97 Å². The second-order valence-electron chi connectivity index (χ2n) is 5.02. The van der Waals surface area contributed by atoms with Crippen molar-refractivity contribution < 1.29 is 4.92 Å². The molecule has 3 rings (SSSR count). The summed E-state index contributed by atoms with van der Waals surface area (Å²) in [7, 11) is 0. The lowest BCUT2D eigenvalue weighted by Crippen LogP contribution is -2.30. The Morgan fingerprint density at radius 3 is 2.67 bits per heavy atom. The van der Waals surface area contributed by atoms with Crippen LogP contribution in [0, 0.1) is 16.0 Å². The highest BCUT2D eigenvalue weighted by Gasteiger charge is 2.38. The van der Waals surface area contributed by atoms with Gasteiger partial charge in [0.25, 0.3) is 0 Å². The number of nitrogens with two attached hydrogens (primary N) is 1. The molecule has 0 atom stereocenters. The summed E-state index contributed by atoms with van der Waals surface area (Å²) < 4.78 is 0. The average Bonchev–Trinajstić information content (AvgIpc) is 3.17. The van der Waals surface area contributed by atoms with Crippen LogP contribution in [0.1, 0.15) is 25.7 Å². The van der Waals surface area contributed by atoms with Crippen molar-refractivity contribution >= 4 is 17.3 Å². The van der Waals surface area contributed by atoms with Crippen LogP contribution in [0.15, 0.2) is 6.33 Å². The third kappa shape index (κ3) is 2.07. The third-order valence-corrected chi connectivity index (χ3v) is 3.43. The zero-order chi connectivity index (χ0) is 12.7. The first-order valence-corrected chi connectivity index (χ1v) is 6.18. The number of anilines is 2. The van der Waals surface area contributed by atoms with Gasteiger partial charge in [0.05, 0.1) is 4.92 Å². The van der Waals surface area contributed by atoms with E-state index in [4.69, 9.17) is 5.73 Å². The first kappa shape index (κ1) is 11.2. The first-order valence-electron chi connectivity index (χ1n) is 6.18. The molecule has 2 aliphatic rings. The molecular formula is C11H15N5O2. The van der Waals surface area contributed by atoms with Crippen molar-refractivity contribution in [1.29, 1.82) is 0 Å². The molecule has 7 nitrogen and oxygen atoms in total. The fourth-order valence-electron chi connectivity index (χ4n) is 2.14. The summed E-state index contributed by atoms with van der Waals surface area (Å²) >= 11 is 0. The molecule has 0 radical (unpaired) electrons. The normalized spacial score (nSPS) is 18.7. The van der Waals surface area contributed by atoms with Gasteiger partial charge in [-0.05, 0) is 31.6 Å². The maximum atomic E-state index is 11.1. The van der Waals surface area contributed by atoms with Gasteiger partial charge < -0.3 is 10.6 Å². The summed E-state index contributed by atoms with van der Waals surface area (Å²) in [5.74, 6) is 0.995. The Labute approximate surface area is 104 Å². The van der Waals surface area contributed by atoms with E-state index in [0.29, 0.717) is 17.8 Å². The van der Waals surface area contributed by atoms with Gasteiger partial charge in [0.1, 0.15) is 6.33 Å². The molecule has 7 heteroatoms. The number of hydrogen-bond acceptors (Lipinski definition) is 6. The second kappa shape index (κ2) is 4.08. The van der Waals surface area contributed by atoms with Gasteiger partial charge >= 0.3 is 5.69 Å². The van der Waals surface area contributed by atoms with Crippen LogP contribution in [0.3, 0.4) is 0 Å². The van der Waals surface area contributed by atoms with Crippen molar-refractivity contribution in [3.8, 4) is 0 Å². The number of hydrogen-bond donors (Lipinski definition) is 1. The number of rotatable bonds is 5. The number of nitrogen functional groups attached to an aromatic ring is 1. The van der Waals surface area contributed by atoms with Gasteiger partial charge in [-0.25, -0.2) is 9.97 Å². The Morgan fingerprint density at radius 1 is 1.39 bits per heavy atom. The van der Waals surface area contributed by atoms with Crippen molar-refractivity contribution in [3.05, 3.63) is 16.4 Å². The van der Waals surface area contributed by atoms with Gasteiger partial charge in [0.15, 0.2) is 0 Å². The van der Waals surface area contributed by atoms with Gasteiger partial charge in [-0.3, -0.25) is 10.1 Å². The maximum Gasteiger partial charge on any atom is 0.353 e. The minimum atomic E-state index is -0.479. The SMILES string of the molecule is Nc1ncnc(N(CC2CC2)C2CC2)c1[N+](=O)[O-]. The maximum absolute atomic E-state index is 11.1. The van der Waals surface area contributed by atoms with E-state index in [0.717, 1.165) is 19.4 Å². The number of nitrogens with zero attached hydrogens (tertiary/aromatic N) is 4. The van der Waals surface area contributed by atoms with E-state index in [1.807, 2.05) is 4.90 Å². The Kier molecular flexibility index (Phi) is 2.53. The topological polar surface area (TPSA) is 98.2 Å². The second-order valence-corrected chi connectivity index (χ2v) is 5.02. The Morgan fingerprint density at radius 2 is 2.11 bits per heavy atom. The van der Waals surface area contributed by atoms with E-state index < -0.39 is 4.92 Å². The van der Waals surface area contributed by atoms with E-state index in [1.165, 1.54) is 19.2 Å². The molecule has 1 heterocycles. The van der Waals surface area contributed by atoms with Crippen LogP contribution in [-0.2, 0) is 0 Å². The number of nitro groups is 1. The quantitative estimate of drug-likeness (QED) is 0.624. The minimum Gasteiger partial charge on any atom is -0.378 e. The van der Waals surface area contributed by atoms with Crippen LogP contribution in [-0.4, -0.2) is 27.5 Å². The highest BCUT2D eigenvalue weighted by Crippen LogP contribution is 2.40. The molecular weight excluding hydrogens is 234 g/mol. The Balaban J connectivity index is 1.96. The first-order chi connectivity index (χ1) is 8.66. The van der Waals surface area contributed by atoms with Crippen molar-refractivity contribution in [2.75, 3.05) is 17.2 Å². The van der Waals surface area contributed by atoms with Crippen LogP contribution in [0.25, 0.3) is 0 Å². The van der Waals surface area contributed by atoms with Crippen molar-refractivity contribution in [2.45, 2.75) is 31.7 Å². The smallest absolute Gasteiger partial charge is 0.353 e. The van der Waals surface area contributed by atoms with E-state index in [1.54, 1.807) is 0 Å². The van der Waals surface area contributed by atoms with E-state index in [2.05, 4.69) is 9.97 Å². The van der Waals surface area contributed by atoms with E-state index in [9.17, 15) is 10.1 Å². The largest absolute Gasteiger partial charge is 0.378 e. The fraction of sp³-hybridized carbons (Fsp3) is 0.636. The van der Waals surface area contributed by atoms with Gasteiger partial charge in [-0.15, -0.1) is 0 Å². The van der Waals surface area contributed by atoms with Crippen molar-refractivity contribution in [2.24, 2.45) is 5.92 Å². The highest BCUT2D eigenvalue weighted by atomic mass is 16.6. The highest BCUT2D eigenvalue weighted by molar-refractivity contribution is 5.69. The van der Waals surface area contributed by atoms with Gasteiger partial charge in [0, 0.05) is 12.6 Å². The van der Waals surface area contributed by atoms with Crippen LogP contribution in [0.2, 0.25) is 0 Å². The molecule has 0 bridgehead atoms. The standard InChI is InChI=1S/C11H15N5O2/c12-10-9(16(17)18)11(14-6-13-10)15(8-3-4-8)5-7-1-2-7/h6-8H,1-5H2,(H2,12,13,14). The third-order valence-electron chi connectivity index (χ3n) is 3.43. The molecule has 0 aliphatic heterocycles. The molecule has 18 heavy (non-hydrogen) atoms. The molecule has 1 aromatic rings. The van der Waals surface area contributed by atoms with Crippen LogP contribution in [0.4, 0.5) is 17.3 Å². The molecule has 2 aliphatic carbocycles. The van der Waals surface area contributed by atoms with Gasteiger partial charge in [0.2, 0.25) is 11.6 Å². The predicted octanol–water partition coefficient (Wildman–Crippen LogP) is 1.35. The lowest BCUT2D eigenvalue weighted by molar-refractivity contribution is -0.383. The Hall–Kier alpha value is -1.92. The Bertz CT molecular complexity index is 484. The minimum absolute atomic E-state index is 0.0496. The fourth-order valence-corrected chi connectivity index (χ4v) is 2.14. The molecule has 0 unspecified atom stereocenters. The summed E-state index contributed by atoms with van der Waals surface area (Å²) in [6.07, 6.45) is 5.87. The van der Waals surface area contributed by atoms with Crippen molar-refractivity contribution in [3.63, 3.8) is 0 Å². The lowest BCUT2D eigenvalue weighted by Gasteiger charge is -2.22. The van der Waals surface area contributed by atoms with E-state index in [-0.39, 0.29) is 11.5 Å². The molecule has 2 fully saturated rings. The van der Waals surface area contributed by atoms with Gasteiger partial charge in [-0.1, -0.05) is 0 Å². The monoisotopic (exact) mass is 249 g/mol. The average molecular weight is 249 g/mol. The molecule has 2 N–H and O–H groups in total. The van der Waals surface area contributed by atoms with Crippen LogP contribution >= 0.6 is 0 Å². The molecule has 0 aromatic carbocycles. The molecule has 0 spiro atoms. The predicted molar refractivity (Wildman–Crippen MR) is 66.2 cm³/mol. The summed E-state index contributed by atoms with van der Waals surface area (Å²) in [4.78, 5) is 20.5. The molecule has 1 aromatic heterocycles. The zero-order valence-electron chi connectivity index (χ0n) is 9.95. The molecule has 0 amide bonds. The zero-order valence-corrected chi connectivity index (χ0v) is 9.95. The lowest BCUT2D eigenvalue weighted by atomic mass is 10.3. The summed E-state index contributed by atoms with van der Waals surface area (Å²) in [5.41, 5.74) is 5.46.